The van der Waals surface area contributed by atoms with Crippen LogP contribution in [0.3, 0.4) is 0 Å². The molecule has 1 aliphatic rings. The van der Waals surface area contributed by atoms with Crippen LogP contribution in [0.15, 0.2) is 64.2 Å². The Morgan fingerprint density at radius 1 is 0.971 bits per heavy atom. The van der Waals surface area contributed by atoms with Crippen LogP contribution >= 0.6 is 0 Å². The van der Waals surface area contributed by atoms with Crippen LogP contribution in [0.5, 0.6) is 11.5 Å². The second-order valence-corrected chi connectivity index (χ2v) is 8.14. The topological polar surface area (TPSA) is 113 Å². The zero-order valence-corrected chi connectivity index (χ0v) is 18.7. The van der Waals surface area contributed by atoms with Gasteiger partial charge in [0.05, 0.1) is 12.7 Å². The maximum Gasteiger partial charge on any atom is 0.327 e. The lowest BCUT2D eigenvalue weighted by Crippen LogP contribution is -2.32. The number of anilines is 2. The van der Waals surface area contributed by atoms with E-state index >= 15 is 0 Å². The molecule has 1 atom stereocenters. The molecule has 0 saturated carbocycles. The minimum absolute atomic E-state index is 0.300. The number of hydrogen-bond acceptors (Lipinski definition) is 6. The molecule has 3 N–H and O–H groups in total. The second kappa shape index (κ2) is 8.55. The van der Waals surface area contributed by atoms with Crippen LogP contribution in [0.1, 0.15) is 42.4 Å². The number of carbonyl (C=O) groups excluding carboxylic acids is 1. The molecule has 2 heterocycles. The van der Waals surface area contributed by atoms with Crippen molar-refractivity contribution in [3.05, 3.63) is 92.1 Å². The summed E-state index contributed by atoms with van der Waals surface area (Å²) in [4.78, 5) is 42.2. The third-order valence-corrected chi connectivity index (χ3v) is 5.99. The summed E-state index contributed by atoms with van der Waals surface area (Å²) < 4.78 is 11.0. The Bertz CT molecular complexity index is 1540. The van der Waals surface area contributed by atoms with Crippen LogP contribution in [-0.4, -0.2) is 23.0 Å². The van der Waals surface area contributed by atoms with Crippen molar-refractivity contribution in [1.29, 1.82) is 0 Å². The van der Waals surface area contributed by atoms with E-state index in [0.717, 1.165) is 27.6 Å². The van der Waals surface area contributed by atoms with Crippen LogP contribution in [-0.2, 0) is 4.79 Å². The number of carbonyl (C=O) groups is 1. The van der Waals surface area contributed by atoms with Crippen molar-refractivity contribution < 1.29 is 14.3 Å². The largest absolute Gasteiger partial charge is 0.493 e. The molecule has 5 rings (SSSR count). The smallest absolute Gasteiger partial charge is 0.327 e. The molecule has 0 amide bonds. The van der Waals surface area contributed by atoms with Gasteiger partial charge in [-0.25, -0.2) is 4.79 Å². The number of fused-ring (bicyclic) bond motifs is 4. The highest BCUT2D eigenvalue weighted by Crippen LogP contribution is 2.46. The molecule has 0 spiro atoms. The van der Waals surface area contributed by atoms with Crippen molar-refractivity contribution in [2.75, 3.05) is 12.4 Å². The number of aromatic amines is 2. The Balaban J connectivity index is 1.74. The summed E-state index contributed by atoms with van der Waals surface area (Å²) in [5.41, 5.74) is 1.77. The minimum atomic E-state index is -0.588. The maximum absolute atomic E-state index is 13.0. The number of ether oxygens (including phenoxy) is 2. The lowest BCUT2D eigenvalue weighted by Gasteiger charge is -2.30. The highest BCUT2D eigenvalue weighted by Gasteiger charge is 2.32. The monoisotopic (exact) mass is 457 g/mol. The van der Waals surface area contributed by atoms with E-state index in [4.69, 9.17) is 9.47 Å². The van der Waals surface area contributed by atoms with Gasteiger partial charge < -0.3 is 14.8 Å². The molecule has 172 valence electrons. The molecule has 8 heteroatoms. The summed E-state index contributed by atoms with van der Waals surface area (Å²) in [6.45, 7) is 1.90. The number of esters is 1. The van der Waals surface area contributed by atoms with Crippen LogP contribution in [0.2, 0.25) is 0 Å². The molecule has 0 radical (unpaired) electrons. The number of benzene rings is 3. The Morgan fingerprint density at radius 2 is 1.79 bits per heavy atom. The molecule has 0 aliphatic carbocycles. The van der Waals surface area contributed by atoms with Crippen molar-refractivity contribution in [3.63, 3.8) is 0 Å². The normalized spacial score (nSPS) is 14.1. The predicted octanol–water partition coefficient (Wildman–Crippen LogP) is 4.17. The summed E-state index contributed by atoms with van der Waals surface area (Å²) in [6.07, 6.45) is 0.977. The van der Waals surface area contributed by atoms with Crippen molar-refractivity contribution in [2.24, 2.45) is 0 Å². The first-order chi connectivity index (χ1) is 16.5. The van der Waals surface area contributed by atoms with E-state index in [2.05, 4.69) is 15.3 Å². The van der Waals surface area contributed by atoms with Gasteiger partial charge in [-0.2, -0.15) is 0 Å². The van der Waals surface area contributed by atoms with Gasteiger partial charge in [-0.3, -0.25) is 19.6 Å². The Kier molecular flexibility index (Phi) is 5.41. The molecule has 0 fully saturated rings. The fraction of sp³-hybridized carbons (Fsp3) is 0.192. The third-order valence-electron chi connectivity index (χ3n) is 5.99. The van der Waals surface area contributed by atoms with E-state index in [1.807, 2.05) is 49.4 Å². The van der Waals surface area contributed by atoms with Gasteiger partial charge in [0.2, 0.25) is 0 Å². The summed E-state index contributed by atoms with van der Waals surface area (Å²) in [7, 11) is 1.50. The average Bonchev–Trinajstić information content (AvgIpc) is 2.83. The molecule has 0 unspecified atom stereocenters. The molecule has 1 aliphatic heterocycles. The summed E-state index contributed by atoms with van der Waals surface area (Å²) >= 11 is 0. The van der Waals surface area contributed by atoms with Crippen LogP contribution in [0.4, 0.5) is 11.5 Å². The number of nitrogens with one attached hydrogen (secondary N) is 3. The number of H-pyrrole nitrogens is 2. The van der Waals surface area contributed by atoms with Gasteiger partial charge in [0, 0.05) is 18.0 Å². The molecule has 0 bridgehead atoms. The zero-order valence-electron chi connectivity index (χ0n) is 18.7. The number of aromatic nitrogens is 2. The molecule has 0 saturated heterocycles. The van der Waals surface area contributed by atoms with Gasteiger partial charge >= 0.3 is 11.7 Å². The molecule has 8 nitrogen and oxygen atoms in total. The standard InChI is InChI=1S/C26H23N3O5/c1-3-6-20(30)34-18-12-10-15(13-19(18)33-2)21-22-16-8-5-4-7-14(16)9-11-17(22)27-24-23(21)25(31)29-26(32)28-24/h4-5,7-13,21H,3,6H2,1-2H3,(H3,27,28,29,31,32)/t21-/m1/s1. The maximum atomic E-state index is 13.0. The molecule has 34 heavy (non-hydrogen) atoms. The molecule has 1 aromatic heterocycles. The third kappa shape index (κ3) is 3.63. The van der Waals surface area contributed by atoms with Crippen molar-refractivity contribution in [1.82, 2.24) is 9.97 Å². The summed E-state index contributed by atoms with van der Waals surface area (Å²) in [6, 6.07) is 17.1. The van der Waals surface area contributed by atoms with E-state index in [1.165, 1.54) is 7.11 Å². The predicted molar refractivity (Wildman–Crippen MR) is 129 cm³/mol. The fourth-order valence-electron chi connectivity index (χ4n) is 4.52. The van der Waals surface area contributed by atoms with Gasteiger partial charge in [0.25, 0.3) is 5.56 Å². The SMILES string of the molecule is CCCC(=O)Oc1ccc([C@H]2c3c([nH]c(=O)[nH]c3=O)Nc3ccc4ccccc4c32)cc1OC. The second-order valence-electron chi connectivity index (χ2n) is 8.14. The molecule has 4 aromatic rings. The zero-order chi connectivity index (χ0) is 23.8. The van der Waals surface area contributed by atoms with E-state index in [9.17, 15) is 14.4 Å². The van der Waals surface area contributed by atoms with Crippen molar-refractivity contribution in [2.45, 2.75) is 25.7 Å². The number of rotatable bonds is 5. The van der Waals surface area contributed by atoms with E-state index < -0.39 is 17.2 Å². The summed E-state index contributed by atoms with van der Waals surface area (Å²) in [5, 5.41) is 5.22. The van der Waals surface area contributed by atoms with Gasteiger partial charge in [-0.15, -0.1) is 0 Å². The van der Waals surface area contributed by atoms with Gasteiger partial charge in [-0.1, -0.05) is 43.3 Å². The van der Waals surface area contributed by atoms with E-state index in [0.29, 0.717) is 35.7 Å². The van der Waals surface area contributed by atoms with Gasteiger partial charge in [0.1, 0.15) is 5.82 Å². The van der Waals surface area contributed by atoms with Gasteiger partial charge in [0.15, 0.2) is 11.5 Å². The van der Waals surface area contributed by atoms with Crippen molar-refractivity contribution in [3.8, 4) is 11.5 Å². The summed E-state index contributed by atoms with van der Waals surface area (Å²) in [5.74, 6) is 0.189. The van der Waals surface area contributed by atoms with Crippen LogP contribution in [0.25, 0.3) is 10.8 Å². The van der Waals surface area contributed by atoms with Crippen LogP contribution in [0, 0.1) is 0 Å². The number of methoxy groups -OCH3 is 1. The van der Waals surface area contributed by atoms with Gasteiger partial charge in [-0.05, 0) is 46.5 Å². The lowest BCUT2D eigenvalue weighted by molar-refractivity contribution is -0.134. The highest BCUT2D eigenvalue weighted by atomic mass is 16.6. The molecular weight excluding hydrogens is 434 g/mol. The minimum Gasteiger partial charge on any atom is -0.493 e. The first-order valence-corrected chi connectivity index (χ1v) is 11.0. The molecular formula is C26H23N3O5. The fourth-order valence-corrected chi connectivity index (χ4v) is 4.52. The Labute approximate surface area is 194 Å². The van der Waals surface area contributed by atoms with E-state index in [-0.39, 0.29) is 5.97 Å². The quantitative estimate of drug-likeness (QED) is 0.270. The number of hydrogen-bond donors (Lipinski definition) is 3. The highest BCUT2D eigenvalue weighted by molar-refractivity contribution is 5.94. The van der Waals surface area contributed by atoms with E-state index in [1.54, 1.807) is 12.1 Å². The van der Waals surface area contributed by atoms with Crippen LogP contribution < -0.4 is 26.0 Å². The van der Waals surface area contributed by atoms with Crippen molar-refractivity contribution >= 4 is 28.2 Å². The first kappa shape index (κ1) is 21.5. The molecule has 3 aromatic carbocycles. The average molecular weight is 457 g/mol. The Hall–Kier alpha value is -4.33. The lowest BCUT2D eigenvalue weighted by atomic mass is 9.80. The Morgan fingerprint density at radius 3 is 2.59 bits per heavy atom. The first-order valence-electron chi connectivity index (χ1n) is 11.0.